The molecule has 0 N–H and O–H groups in total. The SMILES string of the molecule is CC.CC.Cc1cccc2sc(N3CC4CC(C3)O4)nc12. The molecular weight excluding hydrogens is 280 g/mol. The molecule has 2 atom stereocenters. The van der Waals surface area contributed by atoms with E-state index in [0.29, 0.717) is 12.2 Å². The molecule has 21 heavy (non-hydrogen) atoms. The Balaban J connectivity index is 0.000000374. The number of ether oxygens (including phenoxy) is 1. The number of rotatable bonds is 1. The molecule has 3 nitrogen and oxygen atoms in total. The molecule has 2 unspecified atom stereocenters. The maximum absolute atomic E-state index is 5.66. The zero-order valence-electron chi connectivity index (χ0n) is 13.7. The number of aryl methyl sites for hydroxylation is 1. The Kier molecular flexibility index (Phi) is 5.59. The molecule has 3 saturated heterocycles. The quantitative estimate of drug-likeness (QED) is 0.768. The van der Waals surface area contributed by atoms with Gasteiger partial charge in [0.15, 0.2) is 5.13 Å². The average Bonchev–Trinajstić information content (AvgIpc) is 2.97. The molecule has 0 amide bonds. The number of fused-ring (bicyclic) bond motifs is 3. The second-order valence-corrected chi connectivity index (χ2v) is 5.95. The molecule has 116 valence electrons. The van der Waals surface area contributed by atoms with Gasteiger partial charge in [0.2, 0.25) is 0 Å². The van der Waals surface area contributed by atoms with Crippen LogP contribution in [0.5, 0.6) is 0 Å². The van der Waals surface area contributed by atoms with Gasteiger partial charge < -0.3 is 9.64 Å². The number of thiazole rings is 1. The van der Waals surface area contributed by atoms with Crippen molar-refractivity contribution in [1.82, 2.24) is 4.98 Å². The highest BCUT2D eigenvalue weighted by molar-refractivity contribution is 7.22. The number of anilines is 1. The molecule has 0 aliphatic carbocycles. The predicted molar refractivity (Wildman–Crippen MR) is 92.5 cm³/mol. The van der Waals surface area contributed by atoms with E-state index in [0.717, 1.165) is 23.7 Å². The summed E-state index contributed by atoms with van der Waals surface area (Å²) in [5.74, 6) is 0. The summed E-state index contributed by atoms with van der Waals surface area (Å²) in [6.45, 7) is 12.1. The third kappa shape index (κ3) is 3.22. The summed E-state index contributed by atoms with van der Waals surface area (Å²) in [4.78, 5) is 7.16. The molecule has 4 heteroatoms. The van der Waals surface area contributed by atoms with E-state index in [-0.39, 0.29) is 0 Å². The number of nitrogens with zero attached hydrogens (tertiary/aromatic N) is 2. The van der Waals surface area contributed by atoms with Crippen molar-refractivity contribution in [2.75, 3.05) is 18.0 Å². The Hall–Kier alpha value is -1.13. The maximum atomic E-state index is 5.66. The summed E-state index contributed by atoms with van der Waals surface area (Å²) >= 11 is 1.80. The molecule has 3 aliphatic heterocycles. The highest BCUT2D eigenvalue weighted by Gasteiger charge is 2.39. The van der Waals surface area contributed by atoms with Crippen molar-refractivity contribution in [2.45, 2.75) is 53.2 Å². The summed E-state index contributed by atoms with van der Waals surface area (Å²) in [5.41, 5.74) is 2.43. The smallest absolute Gasteiger partial charge is 0.186 e. The van der Waals surface area contributed by atoms with Crippen LogP contribution in [0.25, 0.3) is 10.2 Å². The lowest BCUT2D eigenvalue weighted by atomic mass is 9.99. The third-order valence-corrected chi connectivity index (χ3v) is 4.72. The van der Waals surface area contributed by atoms with E-state index in [1.54, 1.807) is 11.3 Å². The molecule has 5 rings (SSSR count). The molecule has 0 radical (unpaired) electrons. The van der Waals surface area contributed by atoms with E-state index in [4.69, 9.17) is 9.72 Å². The van der Waals surface area contributed by atoms with Gasteiger partial charge in [-0.1, -0.05) is 51.2 Å². The number of hydrogen-bond donors (Lipinski definition) is 0. The normalized spacial score (nSPS) is 22.6. The molecule has 2 aromatic rings. The second-order valence-electron chi connectivity index (χ2n) is 4.94. The number of para-hydroxylation sites is 1. The largest absolute Gasteiger partial charge is 0.371 e. The van der Waals surface area contributed by atoms with E-state index in [1.807, 2.05) is 27.7 Å². The van der Waals surface area contributed by atoms with Crippen LogP contribution in [-0.4, -0.2) is 30.3 Å². The van der Waals surface area contributed by atoms with E-state index in [9.17, 15) is 0 Å². The number of morpholine rings is 1. The predicted octanol–water partition coefficient (Wildman–Crippen LogP) is 4.63. The van der Waals surface area contributed by atoms with Gasteiger partial charge in [-0.3, -0.25) is 0 Å². The lowest BCUT2D eigenvalue weighted by Crippen LogP contribution is -2.57. The number of piperidine rings is 1. The Morgan fingerprint density at radius 1 is 1.14 bits per heavy atom. The van der Waals surface area contributed by atoms with E-state index in [1.165, 1.54) is 16.7 Å². The highest BCUT2D eigenvalue weighted by Crippen LogP contribution is 2.35. The topological polar surface area (TPSA) is 25.4 Å². The van der Waals surface area contributed by atoms with Crippen molar-refractivity contribution in [3.05, 3.63) is 23.8 Å². The molecule has 0 spiro atoms. The molecule has 2 bridgehead atoms. The lowest BCUT2D eigenvalue weighted by molar-refractivity contribution is -0.133. The first-order chi connectivity index (χ1) is 10.3. The fourth-order valence-electron chi connectivity index (χ4n) is 2.72. The van der Waals surface area contributed by atoms with Crippen molar-refractivity contribution >= 4 is 26.7 Å². The van der Waals surface area contributed by atoms with Crippen molar-refractivity contribution in [2.24, 2.45) is 0 Å². The monoisotopic (exact) mass is 306 g/mol. The Bertz CT molecular complexity index is 565. The van der Waals surface area contributed by atoms with Crippen LogP contribution >= 0.6 is 11.3 Å². The van der Waals surface area contributed by atoms with Gasteiger partial charge in [0.05, 0.1) is 22.4 Å². The van der Waals surface area contributed by atoms with Crippen LogP contribution in [0.3, 0.4) is 0 Å². The second kappa shape index (κ2) is 7.23. The summed E-state index contributed by atoms with van der Waals surface area (Å²) in [7, 11) is 0. The minimum absolute atomic E-state index is 0.446. The van der Waals surface area contributed by atoms with Crippen molar-refractivity contribution in [1.29, 1.82) is 0 Å². The van der Waals surface area contributed by atoms with Crippen LogP contribution in [0.2, 0.25) is 0 Å². The molecule has 1 aromatic carbocycles. The van der Waals surface area contributed by atoms with E-state index in [2.05, 4.69) is 30.0 Å². The van der Waals surface area contributed by atoms with Crippen LogP contribution in [-0.2, 0) is 4.74 Å². The van der Waals surface area contributed by atoms with Crippen LogP contribution in [0.1, 0.15) is 39.7 Å². The molecule has 4 heterocycles. The van der Waals surface area contributed by atoms with Gasteiger partial charge in [-0.25, -0.2) is 4.98 Å². The minimum Gasteiger partial charge on any atom is -0.371 e. The van der Waals surface area contributed by atoms with Gasteiger partial charge in [0.1, 0.15) is 0 Å². The van der Waals surface area contributed by atoms with Crippen molar-refractivity contribution < 1.29 is 4.74 Å². The number of benzene rings is 1. The summed E-state index contributed by atoms with van der Waals surface area (Å²) in [6, 6.07) is 6.39. The van der Waals surface area contributed by atoms with Gasteiger partial charge in [-0.15, -0.1) is 0 Å². The molecule has 3 fully saturated rings. The third-order valence-electron chi connectivity index (χ3n) is 3.64. The molecule has 0 saturated carbocycles. The summed E-state index contributed by atoms with van der Waals surface area (Å²) in [6.07, 6.45) is 2.13. The van der Waals surface area contributed by atoms with E-state index < -0.39 is 0 Å². The van der Waals surface area contributed by atoms with Crippen LogP contribution in [0, 0.1) is 6.92 Å². The number of aromatic nitrogens is 1. The van der Waals surface area contributed by atoms with Crippen molar-refractivity contribution in [3.63, 3.8) is 0 Å². The lowest BCUT2D eigenvalue weighted by Gasteiger charge is -2.46. The van der Waals surface area contributed by atoms with Crippen LogP contribution in [0.15, 0.2) is 18.2 Å². The summed E-state index contributed by atoms with van der Waals surface area (Å²) in [5, 5.41) is 1.16. The zero-order valence-corrected chi connectivity index (χ0v) is 14.5. The fourth-order valence-corrected chi connectivity index (χ4v) is 3.78. The first kappa shape index (κ1) is 16.2. The fraction of sp³-hybridized carbons (Fsp3) is 0.588. The first-order valence-electron chi connectivity index (χ1n) is 8.06. The Morgan fingerprint density at radius 3 is 2.33 bits per heavy atom. The van der Waals surface area contributed by atoms with Gasteiger partial charge in [-0.05, 0) is 18.6 Å². The van der Waals surface area contributed by atoms with Gasteiger partial charge in [-0.2, -0.15) is 0 Å². The van der Waals surface area contributed by atoms with Gasteiger partial charge in [0.25, 0.3) is 0 Å². The summed E-state index contributed by atoms with van der Waals surface area (Å²) < 4.78 is 6.95. The average molecular weight is 306 g/mol. The molecule has 1 aromatic heterocycles. The minimum atomic E-state index is 0.446. The van der Waals surface area contributed by atoms with Gasteiger partial charge in [0, 0.05) is 19.5 Å². The highest BCUT2D eigenvalue weighted by atomic mass is 32.1. The van der Waals surface area contributed by atoms with Crippen LogP contribution < -0.4 is 4.90 Å². The van der Waals surface area contributed by atoms with E-state index >= 15 is 0 Å². The molecular formula is C17H26N2OS. The zero-order chi connectivity index (χ0) is 15.4. The maximum Gasteiger partial charge on any atom is 0.186 e. The first-order valence-corrected chi connectivity index (χ1v) is 8.88. The standard InChI is InChI=1S/C13H14N2OS.2C2H6/c1-8-3-2-4-11-12(8)14-13(17-11)15-6-9-5-10(7-15)16-9;2*1-2/h2-4,9-10H,5-7H2,1H3;2*1-2H3. The Morgan fingerprint density at radius 2 is 1.76 bits per heavy atom. The van der Waals surface area contributed by atoms with Crippen LogP contribution in [0.4, 0.5) is 5.13 Å². The van der Waals surface area contributed by atoms with Gasteiger partial charge >= 0.3 is 0 Å². The molecule has 3 aliphatic rings. The Labute approximate surface area is 131 Å². The van der Waals surface area contributed by atoms with Crippen molar-refractivity contribution in [3.8, 4) is 0 Å². The number of hydrogen-bond acceptors (Lipinski definition) is 4.